The van der Waals surface area contributed by atoms with Gasteiger partial charge in [-0.05, 0) is 68.4 Å². The molecule has 0 radical (unpaired) electrons. The first-order valence-electron chi connectivity index (χ1n) is 10.8. The van der Waals surface area contributed by atoms with Crippen LogP contribution in [0.4, 0.5) is 0 Å². The van der Waals surface area contributed by atoms with Gasteiger partial charge in [-0.25, -0.2) is 0 Å². The lowest BCUT2D eigenvalue weighted by Crippen LogP contribution is -2.51. The van der Waals surface area contributed by atoms with Gasteiger partial charge in [-0.15, -0.1) is 10.2 Å². The van der Waals surface area contributed by atoms with E-state index in [-0.39, 0.29) is 11.9 Å². The van der Waals surface area contributed by atoms with E-state index in [4.69, 9.17) is 4.42 Å². The fraction of sp³-hybridized carbons (Fsp3) is 0.400. The molecule has 3 aromatic rings. The van der Waals surface area contributed by atoms with Gasteiger partial charge in [-0.1, -0.05) is 29.8 Å². The van der Waals surface area contributed by atoms with Crippen molar-refractivity contribution >= 4 is 5.91 Å². The summed E-state index contributed by atoms with van der Waals surface area (Å²) in [4.78, 5) is 15.5. The molecule has 5 rings (SSSR count). The lowest BCUT2D eigenvalue weighted by atomic mass is 9.92. The predicted molar refractivity (Wildman–Crippen MR) is 117 cm³/mol. The minimum atomic E-state index is -0.933. The molecule has 1 fully saturated rings. The highest BCUT2D eigenvalue weighted by atomic mass is 16.4. The Bertz CT molecular complexity index is 1150. The van der Waals surface area contributed by atoms with Crippen molar-refractivity contribution in [1.82, 2.24) is 15.1 Å². The number of rotatable bonds is 5. The Morgan fingerprint density at radius 1 is 1.10 bits per heavy atom. The zero-order valence-corrected chi connectivity index (χ0v) is 18.3. The fourth-order valence-electron chi connectivity index (χ4n) is 4.92. The van der Waals surface area contributed by atoms with Gasteiger partial charge >= 0.3 is 0 Å². The van der Waals surface area contributed by atoms with Crippen LogP contribution in [0.15, 0.2) is 40.8 Å². The molecule has 1 atom stereocenters. The number of carbonyl (C=O) groups is 1. The summed E-state index contributed by atoms with van der Waals surface area (Å²) in [6, 6.07) is 11.9. The number of aromatic nitrogens is 2. The third-order valence-electron chi connectivity index (χ3n) is 6.28. The van der Waals surface area contributed by atoms with Gasteiger partial charge in [0.2, 0.25) is 11.8 Å². The first-order valence-corrected chi connectivity index (χ1v) is 10.8. The van der Waals surface area contributed by atoms with Crippen molar-refractivity contribution < 1.29 is 14.3 Å². The molecule has 2 aliphatic rings. The standard InChI is InChI=1S/C25H27N3O3/c1-14-11-19-13-28(22(17-7-8-17)25(3,4)30)24(29)21(19)20(12-14)16-5-9-18(10-6-16)23-27-26-15(2)31-23/h5-6,9-12,17,22,30H,7-8,13H2,1-4H3/t22-/m1/s1. The van der Waals surface area contributed by atoms with Crippen LogP contribution in [0.5, 0.6) is 0 Å². The summed E-state index contributed by atoms with van der Waals surface area (Å²) < 4.78 is 5.52. The van der Waals surface area contributed by atoms with Crippen molar-refractivity contribution in [2.75, 3.05) is 0 Å². The SMILES string of the molecule is Cc1cc2c(c(-c3ccc(-c4nnc(C)o4)cc3)c1)C(=O)N([C@H](C1CC1)C(C)(C)O)C2. The average molecular weight is 418 g/mol. The topological polar surface area (TPSA) is 79.5 Å². The molecule has 1 aliphatic heterocycles. The van der Waals surface area contributed by atoms with Crippen molar-refractivity contribution in [2.45, 2.75) is 58.7 Å². The zero-order chi connectivity index (χ0) is 21.9. The van der Waals surface area contributed by atoms with Crippen molar-refractivity contribution in [2.24, 2.45) is 5.92 Å². The molecular weight excluding hydrogens is 390 g/mol. The van der Waals surface area contributed by atoms with Crippen LogP contribution in [0.3, 0.4) is 0 Å². The molecule has 2 aromatic carbocycles. The van der Waals surface area contributed by atoms with Gasteiger partial charge in [0, 0.05) is 19.0 Å². The Kier molecular flexibility index (Phi) is 4.52. The smallest absolute Gasteiger partial charge is 0.255 e. The third-order valence-corrected chi connectivity index (χ3v) is 6.28. The van der Waals surface area contributed by atoms with Crippen LogP contribution in [0, 0.1) is 19.8 Å². The summed E-state index contributed by atoms with van der Waals surface area (Å²) in [7, 11) is 0. The van der Waals surface area contributed by atoms with Gasteiger partial charge in [-0.2, -0.15) is 0 Å². The van der Waals surface area contributed by atoms with E-state index >= 15 is 0 Å². The molecule has 1 aromatic heterocycles. The number of hydrogen-bond acceptors (Lipinski definition) is 5. The first-order chi connectivity index (χ1) is 14.7. The molecule has 0 spiro atoms. The van der Waals surface area contributed by atoms with E-state index in [2.05, 4.69) is 29.3 Å². The molecule has 2 heterocycles. The number of nitrogens with zero attached hydrogens (tertiary/aromatic N) is 3. The Morgan fingerprint density at radius 2 is 1.77 bits per heavy atom. The van der Waals surface area contributed by atoms with Crippen LogP contribution in [0.2, 0.25) is 0 Å². The molecule has 1 amide bonds. The molecule has 1 saturated carbocycles. The molecule has 1 aliphatic carbocycles. The molecule has 31 heavy (non-hydrogen) atoms. The van der Waals surface area contributed by atoms with Crippen LogP contribution < -0.4 is 0 Å². The van der Waals surface area contributed by atoms with Crippen molar-refractivity contribution in [3.8, 4) is 22.6 Å². The molecule has 0 unspecified atom stereocenters. The summed E-state index contributed by atoms with van der Waals surface area (Å²) in [6.07, 6.45) is 2.13. The number of amides is 1. The van der Waals surface area contributed by atoms with Crippen LogP contribution in [-0.2, 0) is 6.54 Å². The number of benzene rings is 2. The minimum Gasteiger partial charge on any atom is -0.421 e. The highest BCUT2D eigenvalue weighted by Crippen LogP contribution is 2.44. The maximum Gasteiger partial charge on any atom is 0.255 e. The number of aliphatic hydroxyl groups is 1. The highest BCUT2D eigenvalue weighted by molar-refractivity contribution is 6.05. The monoisotopic (exact) mass is 417 g/mol. The van der Waals surface area contributed by atoms with E-state index in [1.807, 2.05) is 43.0 Å². The lowest BCUT2D eigenvalue weighted by molar-refractivity contribution is -0.0224. The molecule has 0 saturated heterocycles. The van der Waals surface area contributed by atoms with Gasteiger partial charge in [0.15, 0.2) is 0 Å². The maximum atomic E-state index is 13.6. The van der Waals surface area contributed by atoms with Gasteiger partial charge in [0.1, 0.15) is 0 Å². The van der Waals surface area contributed by atoms with Gasteiger partial charge in [0.25, 0.3) is 5.91 Å². The maximum absolute atomic E-state index is 13.6. The molecule has 6 heteroatoms. The van der Waals surface area contributed by atoms with E-state index in [9.17, 15) is 9.90 Å². The lowest BCUT2D eigenvalue weighted by Gasteiger charge is -2.37. The quantitative estimate of drug-likeness (QED) is 0.660. The van der Waals surface area contributed by atoms with Crippen LogP contribution in [-0.4, -0.2) is 37.8 Å². The summed E-state index contributed by atoms with van der Waals surface area (Å²) in [5.41, 5.74) is 4.72. The number of fused-ring (bicyclic) bond motifs is 1. The Balaban J connectivity index is 1.53. The van der Waals surface area contributed by atoms with Crippen molar-refractivity contribution in [1.29, 1.82) is 0 Å². The molecule has 0 bridgehead atoms. The second kappa shape index (κ2) is 7.02. The van der Waals surface area contributed by atoms with Crippen LogP contribution in [0.1, 0.15) is 54.1 Å². The normalized spacial score (nSPS) is 17.2. The van der Waals surface area contributed by atoms with Crippen molar-refractivity contribution in [3.05, 3.63) is 59.0 Å². The minimum absolute atomic E-state index is 0.0145. The van der Waals surface area contributed by atoms with E-state index in [0.29, 0.717) is 24.2 Å². The molecular formula is C25H27N3O3. The third kappa shape index (κ3) is 3.55. The number of carbonyl (C=O) groups excluding carboxylic acids is 1. The summed E-state index contributed by atoms with van der Waals surface area (Å²) in [5.74, 6) is 1.40. The van der Waals surface area contributed by atoms with Gasteiger partial charge < -0.3 is 14.4 Å². The van der Waals surface area contributed by atoms with E-state index in [1.165, 1.54) is 0 Å². The Morgan fingerprint density at radius 3 is 2.35 bits per heavy atom. The summed E-state index contributed by atoms with van der Waals surface area (Å²) >= 11 is 0. The van der Waals surface area contributed by atoms with Gasteiger partial charge in [0.05, 0.1) is 17.2 Å². The average Bonchev–Trinajstić information content (AvgIpc) is 3.35. The zero-order valence-electron chi connectivity index (χ0n) is 18.3. The number of hydrogen-bond donors (Lipinski definition) is 1. The predicted octanol–water partition coefficient (Wildman–Crippen LogP) is 4.53. The number of aryl methyl sites for hydroxylation is 2. The molecule has 160 valence electrons. The van der Waals surface area contributed by atoms with Crippen LogP contribution >= 0.6 is 0 Å². The Labute approximate surface area is 181 Å². The first kappa shape index (κ1) is 19.9. The molecule has 1 N–H and O–H groups in total. The van der Waals surface area contributed by atoms with E-state index in [0.717, 1.165) is 46.2 Å². The largest absolute Gasteiger partial charge is 0.421 e. The summed E-state index contributed by atoms with van der Waals surface area (Å²) in [6.45, 7) is 8.00. The highest BCUT2D eigenvalue weighted by Gasteiger charge is 2.48. The van der Waals surface area contributed by atoms with E-state index in [1.54, 1.807) is 6.92 Å². The molecule has 6 nitrogen and oxygen atoms in total. The Hall–Kier alpha value is -2.99. The summed E-state index contributed by atoms with van der Waals surface area (Å²) in [5, 5.41) is 18.8. The van der Waals surface area contributed by atoms with Gasteiger partial charge in [-0.3, -0.25) is 4.79 Å². The van der Waals surface area contributed by atoms with Crippen LogP contribution in [0.25, 0.3) is 22.6 Å². The second-order valence-electron chi connectivity index (χ2n) is 9.42. The van der Waals surface area contributed by atoms with Crippen molar-refractivity contribution in [3.63, 3.8) is 0 Å². The second-order valence-corrected chi connectivity index (χ2v) is 9.42. The fourth-order valence-corrected chi connectivity index (χ4v) is 4.92. The van der Waals surface area contributed by atoms with E-state index < -0.39 is 5.60 Å².